The van der Waals surface area contributed by atoms with Crippen LogP contribution in [0.4, 0.5) is 0 Å². The minimum atomic E-state index is 1.16. The van der Waals surface area contributed by atoms with Gasteiger partial charge in [-0.2, -0.15) is 0 Å². The maximum Gasteiger partial charge on any atom is -0.00259 e. The minimum absolute atomic E-state index is 1.16. The zero-order valence-electron chi connectivity index (χ0n) is 39.1. The number of aryl methyl sites for hydroxylation is 1. The van der Waals surface area contributed by atoms with E-state index < -0.39 is 0 Å². The van der Waals surface area contributed by atoms with Gasteiger partial charge in [-0.05, 0) is 163 Å². The van der Waals surface area contributed by atoms with Crippen LogP contribution in [0.5, 0.6) is 0 Å². The Hall–Kier alpha value is -8.32. The molecular formula is C68H52. The molecular weight excluding hydrogens is 817 g/mol. The lowest BCUT2D eigenvalue weighted by atomic mass is 9.84. The summed E-state index contributed by atoms with van der Waals surface area (Å²) in [7, 11) is 0. The van der Waals surface area contributed by atoms with Gasteiger partial charge in [0.05, 0.1) is 0 Å². The van der Waals surface area contributed by atoms with E-state index in [0.717, 1.165) is 5.56 Å². The largest absolute Gasteiger partial charge is 0.0870 e. The van der Waals surface area contributed by atoms with Crippen molar-refractivity contribution in [1.29, 1.82) is 0 Å². The SMILES string of the molecule is C/C=C\c1c(C)cccc1-c1ccc(-c2c3ccccc3c(/C=C/c3ccc4c(-c5ccc6ccccc6c5)c5ccccc5c(-c5ccc6ccccc6c5)c4c3)c3ccccc23)cc1.CC. The summed E-state index contributed by atoms with van der Waals surface area (Å²) in [6, 6.07) is 80.9. The fourth-order valence-electron chi connectivity index (χ4n) is 10.6. The first-order valence-electron chi connectivity index (χ1n) is 24.0. The molecule has 0 atom stereocenters. The van der Waals surface area contributed by atoms with Gasteiger partial charge in [-0.15, -0.1) is 0 Å². The number of benzene rings is 12. The van der Waals surface area contributed by atoms with Crippen LogP contribution in [0.2, 0.25) is 0 Å². The third-order valence-corrected chi connectivity index (χ3v) is 13.7. The first kappa shape index (κ1) is 42.3. The second-order valence-electron chi connectivity index (χ2n) is 17.6. The molecule has 0 aromatic heterocycles. The van der Waals surface area contributed by atoms with E-state index in [9.17, 15) is 0 Å². The van der Waals surface area contributed by atoms with Crippen molar-refractivity contribution in [1.82, 2.24) is 0 Å². The highest BCUT2D eigenvalue weighted by atomic mass is 14.2. The summed E-state index contributed by atoms with van der Waals surface area (Å²) < 4.78 is 0. The van der Waals surface area contributed by atoms with Gasteiger partial charge < -0.3 is 0 Å². The van der Waals surface area contributed by atoms with Crippen molar-refractivity contribution in [2.45, 2.75) is 27.7 Å². The molecule has 0 nitrogen and oxygen atoms in total. The number of hydrogen-bond donors (Lipinski definition) is 0. The molecule has 68 heavy (non-hydrogen) atoms. The van der Waals surface area contributed by atoms with Crippen molar-refractivity contribution < 1.29 is 0 Å². The van der Waals surface area contributed by atoms with Crippen LogP contribution in [0.15, 0.2) is 224 Å². The number of allylic oxidation sites excluding steroid dienone is 1. The van der Waals surface area contributed by atoms with Crippen molar-refractivity contribution in [2.24, 2.45) is 0 Å². The average molecular weight is 869 g/mol. The molecule has 12 aromatic rings. The minimum Gasteiger partial charge on any atom is -0.0870 e. The predicted octanol–water partition coefficient (Wildman–Crippen LogP) is 19.8. The van der Waals surface area contributed by atoms with Gasteiger partial charge in [-0.3, -0.25) is 0 Å². The Bertz CT molecular complexity index is 3880. The summed E-state index contributed by atoms with van der Waals surface area (Å²) >= 11 is 0. The fourth-order valence-corrected chi connectivity index (χ4v) is 10.6. The molecule has 12 aromatic carbocycles. The molecule has 0 aliphatic heterocycles. The average Bonchev–Trinajstić information content (AvgIpc) is 3.40. The standard InChI is InChI=1S/C66H46.C2H6/c1-3-15-53-43(2)16-14-27-54(53)47-32-34-48(35-33-47)64-58-23-10-8-21-55(58)57(56-22-9-11-24-59(56)64)38-28-44-29-39-62-63(40-44)66(52-37-31-46-18-5-7-20-50(46)42-52)61-26-13-12-25-60(61)65(62)51-36-30-45-17-4-6-19-49(45)41-51;1-2/h3-42H,1-2H3;1-2H3/b15-3-,38-28+;. The van der Waals surface area contributed by atoms with E-state index in [1.165, 1.54) is 126 Å². The summed E-state index contributed by atoms with van der Waals surface area (Å²) in [4.78, 5) is 0. The van der Waals surface area contributed by atoms with E-state index in [-0.39, 0.29) is 0 Å². The highest BCUT2D eigenvalue weighted by molar-refractivity contribution is 6.23. The van der Waals surface area contributed by atoms with Crippen LogP contribution < -0.4 is 0 Å². The maximum absolute atomic E-state index is 2.42. The molecule has 0 aliphatic rings. The van der Waals surface area contributed by atoms with E-state index in [1.807, 2.05) is 13.8 Å². The Morgan fingerprint density at radius 2 is 0.735 bits per heavy atom. The maximum atomic E-state index is 2.42. The van der Waals surface area contributed by atoms with Crippen molar-refractivity contribution in [2.75, 3.05) is 0 Å². The Labute approximate surface area is 399 Å². The molecule has 0 saturated heterocycles. The molecule has 0 heterocycles. The molecule has 0 heteroatoms. The van der Waals surface area contributed by atoms with E-state index >= 15 is 0 Å². The number of rotatable bonds is 7. The van der Waals surface area contributed by atoms with Crippen LogP contribution in [-0.4, -0.2) is 0 Å². The number of hydrogen-bond acceptors (Lipinski definition) is 0. The lowest BCUT2D eigenvalue weighted by Gasteiger charge is -2.19. The molecule has 0 bridgehead atoms. The van der Waals surface area contributed by atoms with Gasteiger partial charge in [-0.1, -0.05) is 238 Å². The zero-order chi connectivity index (χ0) is 46.1. The van der Waals surface area contributed by atoms with Gasteiger partial charge in [0.2, 0.25) is 0 Å². The summed E-state index contributed by atoms with van der Waals surface area (Å²) in [6.07, 6.45) is 9.02. The smallest absolute Gasteiger partial charge is 0.00259 e. The van der Waals surface area contributed by atoms with Crippen molar-refractivity contribution in [3.63, 3.8) is 0 Å². The summed E-state index contributed by atoms with van der Waals surface area (Å²) in [6.45, 7) is 8.28. The summed E-state index contributed by atoms with van der Waals surface area (Å²) in [5, 5.41) is 14.9. The van der Waals surface area contributed by atoms with E-state index in [1.54, 1.807) is 0 Å². The van der Waals surface area contributed by atoms with Crippen LogP contribution >= 0.6 is 0 Å². The highest BCUT2D eigenvalue weighted by Gasteiger charge is 2.19. The molecule has 12 rings (SSSR count). The zero-order valence-corrected chi connectivity index (χ0v) is 39.1. The lowest BCUT2D eigenvalue weighted by Crippen LogP contribution is -1.92. The number of fused-ring (bicyclic) bond motifs is 6. The topological polar surface area (TPSA) is 0 Å². The Balaban J connectivity index is 0.00000250. The van der Waals surface area contributed by atoms with Gasteiger partial charge in [0.25, 0.3) is 0 Å². The van der Waals surface area contributed by atoms with E-state index in [2.05, 4.69) is 257 Å². The molecule has 0 unspecified atom stereocenters. The highest BCUT2D eigenvalue weighted by Crippen LogP contribution is 2.46. The van der Waals surface area contributed by atoms with Crippen LogP contribution in [0.3, 0.4) is 0 Å². The van der Waals surface area contributed by atoms with Gasteiger partial charge in [0.15, 0.2) is 0 Å². The van der Waals surface area contributed by atoms with Gasteiger partial charge in [0.1, 0.15) is 0 Å². The van der Waals surface area contributed by atoms with Crippen LogP contribution in [-0.2, 0) is 0 Å². The van der Waals surface area contributed by atoms with Crippen molar-refractivity contribution in [3.8, 4) is 44.5 Å². The van der Waals surface area contributed by atoms with Gasteiger partial charge >= 0.3 is 0 Å². The molecule has 0 aliphatic carbocycles. The van der Waals surface area contributed by atoms with Crippen molar-refractivity contribution in [3.05, 3.63) is 247 Å². The molecule has 0 saturated carbocycles. The van der Waals surface area contributed by atoms with E-state index in [4.69, 9.17) is 0 Å². The second kappa shape index (κ2) is 18.2. The van der Waals surface area contributed by atoms with E-state index in [0.29, 0.717) is 0 Å². The first-order chi connectivity index (χ1) is 33.6. The predicted molar refractivity (Wildman–Crippen MR) is 299 cm³/mol. The summed E-state index contributed by atoms with van der Waals surface area (Å²) in [5.41, 5.74) is 14.9. The first-order valence-corrected chi connectivity index (χ1v) is 24.0. The fraction of sp³-hybridized carbons (Fsp3) is 0.0588. The van der Waals surface area contributed by atoms with Crippen LogP contribution in [0.1, 0.15) is 43.0 Å². The normalized spacial score (nSPS) is 11.7. The molecule has 0 amide bonds. The van der Waals surface area contributed by atoms with Crippen molar-refractivity contribution >= 4 is 82.9 Å². The third-order valence-electron chi connectivity index (χ3n) is 13.7. The van der Waals surface area contributed by atoms with Gasteiger partial charge in [0, 0.05) is 0 Å². The molecule has 0 radical (unpaired) electrons. The Morgan fingerprint density at radius 1 is 0.294 bits per heavy atom. The molecule has 324 valence electrons. The van der Waals surface area contributed by atoms with Gasteiger partial charge in [-0.25, -0.2) is 0 Å². The van der Waals surface area contributed by atoms with Crippen LogP contribution in [0, 0.1) is 6.92 Å². The molecule has 0 N–H and O–H groups in total. The Morgan fingerprint density at radius 3 is 1.29 bits per heavy atom. The second-order valence-corrected chi connectivity index (χ2v) is 17.6. The quantitative estimate of drug-likeness (QED) is 0.111. The third kappa shape index (κ3) is 7.45. The van der Waals surface area contributed by atoms with Crippen LogP contribution in [0.25, 0.3) is 127 Å². The molecule has 0 fully saturated rings. The molecule has 0 spiro atoms. The lowest BCUT2D eigenvalue weighted by molar-refractivity contribution is 1.43. The monoisotopic (exact) mass is 868 g/mol. The Kier molecular flexibility index (Phi) is 11.3. The summed E-state index contributed by atoms with van der Waals surface area (Å²) in [5.74, 6) is 0.